The van der Waals surface area contributed by atoms with Crippen LogP contribution < -0.4 is 0 Å². The molecule has 0 aromatic heterocycles. The first-order chi connectivity index (χ1) is 11.1. The van der Waals surface area contributed by atoms with E-state index >= 15 is 0 Å². The molecular formula is C18H18O5. The van der Waals surface area contributed by atoms with Crippen LogP contribution in [0.2, 0.25) is 0 Å². The fourth-order valence-electron chi connectivity index (χ4n) is 2.18. The number of esters is 1. The van der Waals surface area contributed by atoms with Gasteiger partial charge in [-0.15, -0.1) is 0 Å². The summed E-state index contributed by atoms with van der Waals surface area (Å²) in [6.45, 7) is -0.0627. The Morgan fingerprint density at radius 2 is 1.61 bits per heavy atom. The summed E-state index contributed by atoms with van der Waals surface area (Å²) in [5.74, 6) is -1.58. The number of carbonyl (C=O) groups is 2. The normalized spacial score (nSPS) is 10.3. The van der Waals surface area contributed by atoms with Gasteiger partial charge in [-0.05, 0) is 34.4 Å². The molecule has 0 amide bonds. The number of carbonyl (C=O) groups excluding carboxylic acids is 1. The summed E-state index contributed by atoms with van der Waals surface area (Å²) in [4.78, 5) is 21.9. The van der Waals surface area contributed by atoms with Crippen LogP contribution in [0.25, 0.3) is 11.1 Å². The summed E-state index contributed by atoms with van der Waals surface area (Å²) < 4.78 is 5.08. The molecule has 0 aliphatic rings. The Bertz CT molecular complexity index is 679. The van der Waals surface area contributed by atoms with Crippen molar-refractivity contribution in [1.82, 2.24) is 0 Å². The fraction of sp³-hybridized carbons (Fsp3) is 0.222. The van der Waals surface area contributed by atoms with E-state index in [1.54, 1.807) is 6.07 Å². The summed E-state index contributed by atoms with van der Waals surface area (Å²) in [5.41, 5.74) is 3.40. The number of carboxylic acid groups (broad SMARTS) is 1. The standard InChI is InChI=1S/C18H18O5/c19-11-13-8-14(12-23-18(22)7-6-17(20)21)10-16(9-13)15-4-2-1-3-5-15/h1-5,8-10,19H,6-7,11-12H2,(H,20,21). The molecule has 23 heavy (non-hydrogen) atoms. The Morgan fingerprint density at radius 1 is 0.913 bits per heavy atom. The molecule has 0 fully saturated rings. The van der Waals surface area contributed by atoms with Gasteiger partial charge in [-0.25, -0.2) is 0 Å². The number of hydrogen-bond acceptors (Lipinski definition) is 4. The van der Waals surface area contributed by atoms with Gasteiger partial charge in [0.1, 0.15) is 6.61 Å². The van der Waals surface area contributed by atoms with Crippen molar-refractivity contribution < 1.29 is 24.5 Å². The Hall–Kier alpha value is -2.66. The van der Waals surface area contributed by atoms with Crippen molar-refractivity contribution in [1.29, 1.82) is 0 Å². The molecule has 5 heteroatoms. The number of rotatable bonds is 7. The third-order valence-electron chi connectivity index (χ3n) is 3.29. The maximum absolute atomic E-state index is 11.5. The van der Waals surface area contributed by atoms with Gasteiger partial charge in [-0.2, -0.15) is 0 Å². The molecule has 120 valence electrons. The fourth-order valence-corrected chi connectivity index (χ4v) is 2.18. The highest BCUT2D eigenvalue weighted by Gasteiger charge is 2.08. The Kier molecular flexibility index (Phi) is 5.88. The van der Waals surface area contributed by atoms with Gasteiger partial charge >= 0.3 is 11.9 Å². The van der Waals surface area contributed by atoms with Crippen molar-refractivity contribution >= 4 is 11.9 Å². The maximum Gasteiger partial charge on any atom is 0.306 e. The van der Waals surface area contributed by atoms with Crippen LogP contribution in [0.3, 0.4) is 0 Å². The third-order valence-corrected chi connectivity index (χ3v) is 3.29. The van der Waals surface area contributed by atoms with E-state index in [4.69, 9.17) is 9.84 Å². The minimum Gasteiger partial charge on any atom is -0.481 e. The van der Waals surface area contributed by atoms with Gasteiger partial charge in [0.2, 0.25) is 0 Å². The predicted octanol–water partition coefficient (Wildman–Crippen LogP) is 2.75. The smallest absolute Gasteiger partial charge is 0.306 e. The van der Waals surface area contributed by atoms with E-state index in [1.165, 1.54) is 0 Å². The van der Waals surface area contributed by atoms with Gasteiger partial charge in [0, 0.05) is 0 Å². The van der Waals surface area contributed by atoms with Gasteiger partial charge in [0.15, 0.2) is 0 Å². The number of aliphatic carboxylic acids is 1. The minimum atomic E-state index is -1.03. The van der Waals surface area contributed by atoms with E-state index < -0.39 is 11.9 Å². The molecule has 0 aliphatic heterocycles. The quantitative estimate of drug-likeness (QED) is 0.768. The molecule has 2 aromatic rings. The van der Waals surface area contributed by atoms with E-state index in [2.05, 4.69) is 0 Å². The zero-order valence-electron chi connectivity index (χ0n) is 12.6. The molecular weight excluding hydrogens is 296 g/mol. The first-order valence-electron chi connectivity index (χ1n) is 7.25. The minimum absolute atomic E-state index is 0.0477. The molecule has 0 spiro atoms. The van der Waals surface area contributed by atoms with Crippen LogP contribution >= 0.6 is 0 Å². The molecule has 0 unspecified atom stereocenters. The molecule has 2 aromatic carbocycles. The largest absolute Gasteiger partial charge is 0.481 e. The molecule has 0 atom stereocenters. The summed E-state index contributed by atoms with van der Waals surface area (Å²) in [6, 6.07) is 15.2. The van der Waals surface area contributed by atoms with E-state index in [-0.39, 0.29) is 26.1 Å². The number of aliphatic hydroxyl groups excluding tert-OH is 1. The molecule has 2 rings (SSSR count). The van der Waals surface area contributed by atoms with Gasteiger partial charge in [0.05, 0.1) is 19.4 Å². The second-order valence-corrected chi connectivity index (χ2v) is 5.12. The molecule has 2 N–H and O–H groups in total. The lowest BCUT2D eigenvalue weighted by Crippen LogP contribution is -2.07. The lowest BCUT2D eigenvalue weighted by Gasteiger charge is -2.10. The van der Waals surface area contributed by atoms with E-state index in [0.717, 1.165) is 22.3 Å². The molecule has 0 saturated heterocycles. The number of hydrogen-bond donors (Lipinski definition) is 2. The lowest BCUT2D eigenvalue weighted by molar-refractivity contribution is -0.148. The van der Waals surface area contributed by atoms with Crippen LogP contribution in [-0.4, -0.2) is 22.2 Å². The van der Waals surface area contributed by atoms with Crippen molar-refractivity contribution in [3.05, 3.63) is 59.7 Å². The van der Waals surface area contributed by atoms with Gasteiger partial charge in [-0.1, -0.05) is 36.4 Å². The van der Waals surface area contributed by atoms with E-state index in [1.807, 2.05) is 42.5 Å². The van der Waals surface area contributed by atoms with Gasteiger partial charge in [-0.3, -0.25) is 9.59 Å². The summed E-state index contributed by atoms with van der Waals surface area (Å²) in [6.07, 6.45) is -0.397. The Balaban J connectivity index is 2.10. The summed E-state index contributed by atoms with van der Waals surface area (Å²) in [7, 11) is 0. The van der Waals surface area contributed by atoms with E-state index in [0.29, 0.717) is 0 Å². The van der Waals surface area contributed by atoms with Crippen LogP contribution in [0.4, 0.5) is 0 Å². The van der Waals surface area contributed by atoms with Crippen LogP contribution in [0.15, 0.2) is 48.5 Å². The number of benzene rings is 2. The average Bonchev–Trinajstić information content (AvgIpc) is 2.58. The van der Waals surface area contributed by atoms with Crippen molar-refractivity contribution in [2.75, 3.05) is 0 Å². The number of aliphatic hydroxyl groups is 1. The van der Waals surface area contributed by atoms with Crippen molar-refractivity contribution in [2.45, 2.75) is 26.1 Å². The number of ether oxygens (including phenoxy) is 1. The topological polar surface area (TPSA) is 83.8 Å². The van der Waals surface area contributed by atoms with E-state index in [9.17, 15) is 14.7 Å². The summed E-state index contributed by atoms with van der Waals surface area (Å²) >= 11 is 0. The molecule has 0 aliphatic carbocycles. The highest BCUT2D eigenvalue weighted by molar-refractivity contribution is 5.76. The van der Waals surface area contributed by atoms with Crippen LogP contribution in [0.5, 0.6) is 0 Å². The molecule has 0 saturated carbocycles. The highest BCUT2D eigenvalue weighted by atomic mass is 16.5. The Morgan fingerprint density at radius 3 is 2.26 bits per heavy atom. The van der Waals surface area contributed by atoms with Gasteiger partial charge < -0.3 is 14.9 Å². The Labute approximate surface area is 134 Å². The predicted molar refractivity (Wildman–Crippen MR) is 84.5 cm³/mol. The van der Waals surface area contributed by atoms with Crippen LogP contribution in [0, 0.1) is 0 Å². The average molecular weight is 314 g/mol. The second-order valence-electron chi connectivity index (χ2n) is 5.12. The van der Waals surface area contributed by atoms with Crippen LogP contribution in [-0.2, 0) is 27.5 Å². The van der Waals surface area contributed by atoms with Crippen molar-refractivity contribution in [2.24, 2.45) is 0 Å². The monoisotopic (exact) mass is 314 g/mol. The molecule has 0 bridgehead atoms. The zero-order valence-corrected chi connectivity index (χ0v) is 12.6. The molecule has 0 radical (unpaired) electrons. The number of carboxylic acids is 1. The third kappa shape index (κ3) is 5.23. The SMILES string of the molecule is O=C(O)CCC(=O)OCc1cc(CO)cc(-c2ccccc2)c1. The first-order valence-corrected chi connectivity index (χ1v) is 7.25. The highest BCUT2D eigenvalue weighted by Crippen LogP contribution is 2.23. The van der Waals surface area contributed by atoms with Crippen molar-refractivity contribution in [3.8, 4) is 11.1 Å². The zero-order chi connectivity index (χ0) is 16.7. The molecule has 5 nitrogen and oxygen atoms in total. The van der Waals surface area contributed by atoms with Crippen LogP contribution in [0.1, 0.15) is 24.0 Å². The summed E-state index contributed by atoms with van der Waals surface area (Å²) in [5, 5.41) is 17.9. The van der Waals surface area contributed by atoms with Crippen molar-refractivity contribution in [3.63, 3.8) is 0 Å². The molecule has 0 heterocycles. The van der Waals surface area contributed by atoms with Gasteiger partial charge in [0.25, 0.3) is 0 Å². The first kappa shape index (κ1) is 16.7. The second kappa shape index (κ2) is 8.10. The maximum atomic E-state index is 11.5. The lowest BCUT2D eigenvalue weighted by atomic mass is 10.0.